The van der Waals surface area contributed by atoms with Gasteiger partial charge in [0.1, 0.15) is 5.82 Å². The molecule has 0 aliphatic carbocycles. The minimum Gasteiger partial charge on any atom is -0.383 e. The first-order valence-corrected chi connectivity index (χ1v) is 11.1. The molecule has 0 amide bonds. The number of rotatable bonds is 9. The van der Waals surface area contributed by atoms with Gasteiger partial charge in [-0.3, -0.25) is 9.36 Å². The Balaban J connectivity index is 1.64. The SMILES string of the molecule is COC[C@H](Cc1ccccc1)n1c(C)nc2ccc(N(C)CCC3OCCO3)cc2c1=O. The molecule has 0 N–H and O–H groups in total. The average Bonchev–Trinajstić information content (AvgIpc) is 3.32. The molecular formula is C25H31N3O4. The number of nitrogens with zero attached hydrogens (tertiary/aromatic N) is 3. The highest BCUT2D eigenvalue weighted by Crippen LogP contribution is 2.22. The van der Waals surface area contributed by atoms with Gasteiger partial charge in [-0.15, -0.1) is 0 Å². The van der Waals surface area contributed by atoms with Crippen molar-refractivity contribution in [3.63, 3.8) is 0 Å². The molecule has 1 saturated heterocycles. The van der Waals surface area contributed by atoms with Gasteiger partial charge >= 0.3 is 0 Å². The van der Waals surface area contributed by atoms with E-state index in [9.17, 15) is 4.79 Å². The summed E-state index contributed by atoms with van der Waals surface area (Å²) >= 11 is 0. The van der Waals surface area contributed by atoms with Crippen molar-refractivity contribution in [1.82, 2.24) is 9.55 Å². The second kappa shape index (κ2) is 10.3. The highest BCUT2D eigenvalue weighted by atomic mass is 16.7. The van der Waals surface area contributed by atoms with E-state index < -0.39 is 0 Å². The standard InChI is InChI=1S/C25H31N3O4/c1-18-26-23-10-9-20(27(2)12-11-24-31-13-14-32-24)16-22(23)25(29)28(18)21(17-30-3)15-19-7-5-4-6-8-19/h4-10,16,21,24H,11-15,17H2,1-3H3/t21-/m0/s1. The van der Waals surface area contributed by atoms with E-state index in [-0.39, 0.29) is 17.9 Å². The van der Waals surface area contributed by atoms with Crippen molar-refractivity contribution in [3.05, 3.63) is 70.3 Å². The normalized spacial score (nSPS) is 15.3. The highest BCUT2D eigenvalue weighted by Gasteiger charge is 2.20. The lowest BCUT2D eigenvalue weighted by molar-refractivity contribution is -0.0447. The Hall–Kier alpha value is -2.74. The van der Waals surface area contributed by atoms with E-state index in [0.29, 0.717) is 43.0 Å². The molecule has 170 valence electrons. The van der Waals surface area contributed by atoms with Crippen molar-refractivity contribution < 1.29 is 14.2 Å². The lowest BCUT2D eigenvalue weighted by Crippen LogP contribution is -2.32. The Bertz CT molecular complexity index is 1090. The second-order valence-corrected chi connectivity index (χ2v) is 8.22. The summed E-state index contributed by atoms with van der Waals surface area (Å²) in [4.78, 5) is 20.5. The summed E-state index contributed by atoms with van der Waals surface area (Å²) in [6.07, 6.45) is 1.33. The Morgan fingerprint density at radius 1 is 1.19 bits per heavy atom. The van der Waals surface area contributed by atoms with Crippen LogP contribution in [0.25, 0.3) is 10.9 Å². The number of ether oxygens (including phenoxy) is 3. The van der Waals surface area contributed by atoms with Crippen molar-refractivity contribution in [1.29, 1.82) is 0 Å². The van der Waals surface area contributed by atoms with Gasteiger partial charge in [-0.05, 0) is 37.1 Å². The molecule has 2 aromatic carbocycles. The Kier molecular flexibility index (Phi) is 7.19. The van der Waals surface area contributed by atoms with Crippen molar-refractivity contribution in [2.24, 2.45) is 0 Å². The van der Waals surface area contributed by atoms with Crippen molar-refractivity contribution in [2.45, 2.75) is 32.1 Å². The third-order valence-corrected chi connectivity index (χ3v) is 5.93. The third-order valence-electron chi connectivity index (χ3n) is 5.93. The maximum atomic E-state index is 13.6. The maximum absolute atomic E-state index is 13.6. The summed E-state index contributed by atoms with van der Waals surface area (Å²) in [6.45, 7) is 4.39. The number of aromatic nitrogens is 2. The molecule has 0 saturated carbocycles. The van der Waals surface area contributed by atoms with Crippen LogP contribution in [0.3, 0.4) is 0 Å². The van der Waals surface area contributed by atoms with Crippen molar-refractivity contribution in [3.8, 4) is 0 Å². The summed E-state index contributed by atoms with van der Waals surface area (Å²) in [6, 6.07) is 15.9. The zero-order chi connectivity index (χ0) is 22.5. The van der Waals surface area contributed by atoms with Gasteiger partial charge in [-0.25, -0.2) is 4.98 Å². The number of fused-ring (bicyclic) bond motifs is 1. The predicted octanol–water partition coefficient (Wildman–Crippen LogP) is 3.33. The van der Waals surface area contributed by atoms with E-state index in [0.717, 1.165) is 24.2 Å². The minimum atomic E-state index is -0.146. The van der Waals surface area contributed by atoms with E-state index >= 15 is 0 Å². The average molecular weight is 438 g/mol. The van der Waals surface area contributed by atoms with Crippen molar-refractivity contribution >= 4 is 16.6 Å². The molecule has 0 bridgehead atoms. The van der Waals surface area contributed by atoms with Gasteiger partial charge in [0, 0.05) is 32.8 Å². The number of hydrogen-bond donors (Lipinski definition) is 0. The van der Waals surface area contributed by atoms with Crippen LogP contribution in [-0.2, 0) is 20.6 Å². The largest absolute Gasteiger partial charge is 0.383 e. The van der Waals surface area contributed by atoms with Crippen LogP contribution in [0.2, 0.25) is 0 Å². The first-order chi connectivity index (χ1) is 15.6. The molecule has 0 radical (unpaired) electrons. The molecule has 4 rings (SSSR count). The molecule has 3 aromatic rings. The number of aryl methyl sites for hydroxylation is 1. The molecule has 7 heteroatoms. The van der Waals surface area contributed by atoms with Crippen LogP contribution in [0.5, 0.6) is 0 Å². The van der Waals surface area contributed by atoms with E-state index in [1.54, 1.807) is 11.7 Å². The van der Waals surface area contributed by atoms with E-state index in [2.05, 4.69) is 17.0 Å². The molecule has 1 aliphatic heterocycles. The third kappa shape index (κ3) is 5.01. The fourth-order valence-corrected chi connectivity index (χ4v) is 4.27. The quantitative estimate of drug-likeness (QED) is 0.512. The summed E-state index contributed by atoms with van der Waals surface area (Å²) in [5.41, 5.74) is 2.80. The zero-order valence-corrected chi connectivity index (χ0v) is 19.0. The summed E-state index contributed by atoms with van der Waals surface area (Å²) < 4.78 is 18.3. The Morgan fingerprint density at radius 3 is 2.66 bits per heavy atom. The van der Waals surface area contributed by atoms with Crippen LogP contribution in [0.15, 0.2) is 53.3 Å². The molecular weight excluding hydrogens is 406 g/mol. The number of benzene rings is 2. The fourth-order valence-electron chi connectivity index (χ4n) is 4.27. The van der Waals surface area contributed by atoms with Crippen LogP contribution in [0, 0.1) is 6.92 Å². The number of hydrogen-bond acceptors (Lipinski definition) is 6. The van der Waals surface area contributed by atoms with Gasteiger partial charge in [0.05, 0.1) is 36.8 Å². The van der Waals surface area contributed by atoms with Gasteiger partial charge in [0.25, 0.3) is 5.56 Å². The topological polar surface area (TPSA) is 65.8 Å². The molecule has 1 aromatic heterocycles. The smallest absolute Gasteiger partial charge is 0.261 e. The van der Waals surface area contributed by atoms with Gasteiger partial charge in [-0.1, -0.05) is 30.3 Å². The highest BCUT2D eigenvalue weighted by molar-refractivity contribution is 5.81. The van der Waals surface area contributed by atoms with E-state index in [1.165, 1.54) is 0 Å². The molecule has 32 heavy (non-hydrogen) atoms. The van der Waals surface area contributed by atoms with Gasteiger partial charge in [0.15, 0.2) is 6.29 Å². The summed E-state index contributed by atoms with van der Waals surface area (Å²) in [5, 5.41) is 0.613. The van der Waals surface area contributed by atoms with Crippen LogP contribution in [0.1, 0.15) is 23.9 Å². The molecule has 2 heterocycles. The first kappa shape index (κ1) is 22.5. The molecule has 0 unspecified atom stereocenters. The van der Waals surface area contributed by atoms with Gasteiger partial charge in [0.2, 0.25) is 0 Å². The second-order valence-electron chi connectivity index (χ2n) is 8.22. The number of methoxy groups -OCH3 is 1. The van der Waals surface area contributed by atoms with E-state index in [1.807, 2.05) is 50.4 Å². The zero-order valence-electron chi connectivity index (χ0n) is 19.0. The summed E-state index contributed by atoms with van der Waals surface area (Å²) in [7, 11) is 3.68. The van der Waals surface area contributed by atoms with Crippen LogP contribution in [0.4, 0.5) is 5.69 Å². The number of anilines is 1. The lowest BCUT2D eigenvalue weighted by atomic mass is 10.1. The van der Waals surface area contributed by atoms with Crippen LogP contribution < -0.4 is 10.5 Å². The minimum absolute atomic E-state index is 0.0387. The van der Waals surface area contributed by atoms with Gasteiger partial charge in [-0.2, -0.15) is 0 Å². The monoisotopic (exact) mass is 437 g/mol. The lowest BCUT2D eigenvalue weighted by Gasteiger charge is -2.23. The molecule has 0 spiro atoms. The molecule has 1 atom stereocenters. The molecule has 1 fully saturated rings. The molecule has 1 aliphatic rings. The summed E-state index contributed by atoms with van der Waals surface area (Å²) in [5.74, 6) is 0.692. The van der Waals surface area contributed by atoms with Gasteiger partial charge < -0.3 is 19.1 Å². The van der Waals surface area contributed by atoms with E-state index in [4.69, 9.17) is 19.2 Å². The Morgan fingerprint density at radius 2 is 1.94 bits per heavy atom. The predicted molar refractivity (Wildman–Crippen MR) is 125 cm³/mol. The first-order valence-electron chi connectivity index (χ1n) is 11.1. The molecule has 7 nitrogen and oxygen atoms in total. The van der Waals surface area contributed by atoms with Crippen LogP contribution in [-0.4, -0.2) is 56.4 Å². The van der Waals surface area contributed by atoms with Crippen molar-refractivity contribution in [2.75, 3.05) is 45.4 Å². The maximum Gasteiger partial charge on any atom is 0.261 e. The van der Waals surface area contributed by atoms with Crippen LogP contribution >= 0.6 is 0 Å². The Labute approximate surface area is 188 Å². The fraction of sp³-hybridized carbons (Fsp3) is 0.440.